The van der Waals surface area contributed by atoms with Gasteiger partial charge >= 0.3 is 0 Å². The van der Waals surface area contributed by atoms with Crippen LogP contribution in [0.25, 0.3) is 5.69 Å². The van der Waals surface area contributed by atoms with Crippen LogP contribution in [0.2, 0.25) is 0 Å². The summed E-state index contributed by atoms with van der Waals surface area (Å²) < 4.78 is 12.8. The molecule has 2 aromatic carbocycles. The minimum atomic E-state index is -0.0935. The Labute approximate surface area is 174 Å². The summed E-state index contributed by atoms with van der Waals surface area (Å²) in [6.45, 7) is 4.02. The normalized spacial score (nSPS) is 16.0. The summed E-state index contributed by atoms with van der Waals surface area (Å²) in [5.41, 5.74) is 4.93. The van der Waals surface area contributed by atoms with E-state index in [1.807, 2.05) is 61.0 Å². The average Bonchev–Trinajstić information content (AvgIpc) is 2.93. The fourth-order valence-corrected chi connectivity index (χ4v) is 4.75. The lowest BCUT2D eigenvalue weighted by Gasteiger charge is -2.19. The minimum absolute atomic E-state index is 0.0421. The van der Waals surface area contributed by atoms with E-state index in [2.05, 4.69) is 5.32 Å². The van der Waals surface area contributed by atoms with Gasteiger partial charge < -0.3 is 14.8 Å². The minimum Gasteiger partial charge on any atom is -0.497 e. The molecule has 2 heterocycles. The van der Waals surface area contributed by atoms with Gasteiger partial charge in [0.25, 0.3) is 0 Å². The van der Waals surface area contributed by atoms with Gasteiger partial charge in [0.2, 0.25) is 5.91 Å². The quantitative estimate of drug-likeness (QED) is 0.697. The fraction of sp³-hybridized carbons (Fsp3) is 0.273. The van der Waals surface area contributed by atoms with Gasteiger partial charge in [-0.3, -0.25) is 4.79 Å². The van der Waals surface area contributed by atoms with Crippen LogP contribution in [0.3, 0.4) is 0 Å². The van der Waals surface area contributed by atoms with E-state index in [1.54, 1.807) is 26.0 Å². The fourth-order valence-electron chi connectivity index (χ4n) is 3.54. The number of carbonyl (C=O) groups is 1. The van der Waals surface area contributed by atoms with Crippen molar-refractivity contribution in [1.82, 2.24) is 9.78 Å². The van der Waals surface area contributed by atoms with Gasteiger partial charge in [0.15, 0.2) is 0 Å². The summed E-state index contributed by atoms with van der Waals surface area (Å²) in [7, 11) is 3.28. The predicted molar refractivity (Wildman–Crippen MR) is 116 cm³/mol. The number of nitrogens with zero attached hydrogens (tertiary/aromatic N) is 2. The topological polar surface area (TPSA) is 65.4 Å². The van der Waals surface area contributed by atoms with E-state index < -0.39 is 0 Å². The Kier molecular flexibility index (Phi) is 5.24. The number of rotatable bonds is 4. The summed E-state index contributed by atoms with van der Waals surface area (Å²) in [6, 6.07) is 13.9. The summed E-state index contributed by atoms with van der Waals surface area (Å²) in [5, 5.41) is 7.72. The molecule has 0 unspecified atom stereocenters. The second kappa shape index (κ2) is 7.83. The molecule has 3 aromatic rings. The first-order valence-corrected chi connectivity index (χ1v) is 10.4. The van der Waals surface area contributed by atoms with E-state index in [0.717, 1.165) is 34.0 Å². The van der Waals surface area contributed by atoms with Gasteiger partial charge in [-0.2, -0.15) is 5.10 Å². The molecular weight excluding hydrogens is 386 g/mol. The summed E-state index contributed by atoms with van der Waals surface area (Å²) in [4.78, 5) is 12.5. The molecule has 150 valence electrons. The van der Waals surface area contributed by atoms with Crippen molar-refractivity contribution in [1.29, 1.82) is 0 Å². The van der Waals surface area contributed by atoms with E-state index in [0.29, 0.717) is 11.6 Å². The van der Waals surface area contributed by atoms with Crippen LogP contribution in [-0.2, 0) is 4.79 Å². The number of thioether (sulfide) groups is 1. The molecule has 1 aliphatic rings. The molecule has 0 fully saturated rings. The zero-order chi connectivity index (χ0) is 20.5. The number of hydrogen-bond donors (Lipinski definition) is 1. The maximum atomic E-state index is 12.5. The third kappa shape index (κ3) is 3.58. The molecule has 0 bridgehead atoms. The number of anilines is 1. The molecule has 1 atom stereocenters. The second-order valence-corrected chi connectivity index (χ2v) is 8.04. The average molecular weight is 410 g/mol. The summed E-state index contributed by atoms with van der Waals surface area (Å²) in [6.07, 6.45) is 0. The molecule has 4 rings (SSSR count). The number of fused-ring (bicyclic) bond motifs is 1. The Bertz CT molecular complexity index is 1060. The first kappa shape index (κ1) is 19.4. The standard InChI is InChI=1S/C22H23N3O3S/c1-13-5-7-15(8-6-13)25-22-20(14(2)24-25)21(29-12-19(26)23-22)17-10-9-16(27-3)11-18(17)28-4/h5-11,21H,12H2,1-4H3,(H,23,26)/t21-/m0/s1. The Balaban J connectivity index is 1.88. The van der Waals surface area contributed by atoms with E-state index in [4.69, 9.17) is 14.6 Å². The number of amides is 1. The van der Waals surface area contributed by atoms with Gasteiger partial charge in [-0.05, 0) is 32.0 Å². The first-order chi connectivity index (χ1) is 14.0. The van der Waals surface area contributed by atoms with Gasteiger partial charge in [0.05, 0.1) is 36.6 Å². The van der Waals surface area contributed by atoms with Crippen molar-refractivity contribution in [3.05, 3.63) is 64.8 Å². The lowest BCUT2D eigenvalue weighted by atomic mass is 10.0. The SMILES string of the molecule is COc1ccc([C@@H]2SCC(=O)Nc3c2c(C)nn3-c2ccc(C)cc2)c(OC)c1. The van der Waals surface area contributed by atoms with E-state index in [1.165, 1.54) is 5.56 Å². The molecule has 7 heteroatoms. The maximum absolute atomic E-state index is 12.5. The van der Waals surface area contributed by atoms with E-state index >= 15 is 0 Å². The number of ether oxygens (including phenoxy) is 2. The molecule has 0 saturated carbocycles. The van der Waals surface area contributed by atoms with Crippen molar-refractivity contribution < 1.29 is 14.3 Å². The van der Waals surface area contributed by atoms with Gasteiger partial charge in [-0.1, -0.05) is 23.8 Å². The molecule has 0 spiro atoms. The van der Waals surface area contributed by atoms with Crippen molar-refractivity contribution in [2.45, 2.75) is 19.1 Å². The molecule has 1 aromatic heterocycles. The van der Waals surface area contributed by atoms with Crippen molar-refractivity contribution in [3.8, 4) is 17.2 Å². The zero-order valence-electron chi connectivity index (χ0n) is 16.9. The van der Waals surface area contributed by atoms with Crippen molar-refractivity contribution >= 4 is 23.5 Å². The lowest BCUT2D eigenvalue weighted by Crippen LogP contribution is -2.15. The highest BCUT2D eigenvalue weighted by Crippen LogP contribution is 2.47. The number of methoxy groups -OCH3 is 2. The van der Waals surface area contributed by atoms with Crippen LogP contribution in [0.15, 0.2) is 42.5 Å². The van der Waals surface area contributed by atoms with Crippen LogP contribution in [-0.4, -0.2) is 35.7 Å². The molecule has 29 heavy (non-hydrogen) atoms. The number of aryl methyl sites for hydroxylation is 2. The highest BCUT2D eigenvalue weighted by atomic mass is 32.2. The van der Waals surface area contributed by atoms with Crippen LogP contribution in [0.4, 0.5) is 5.82 Å². The molecule has 1 N–H and O–H groups in total. The van der Waals surface area contributed by atoms with Crippen molar-refractivity contribution in [3.63, 3.8) is 0 Å². The molecule has 0 radical (unpaired) electrons. The molecule has 0 aliphatic carbocycles. The van der Waals surface area contributed by atoms with Gasteiger partial charge in [-0.15, -0.1) is 11.8 Å². The van der Waals surface area contributed by atoms with Crippen molar-refractivity contribution in [2.24, 2.45) is 0 Å². The number of nitrogens with one attached hydrogen (secondary N) is 1. The van der Waals surface area contributed by atoms with Crippen LogP contribution in [0.1, 0.15) is 27.6 Å². The smallest absolute Gasteiger partial charge is 0.235 e. The number of hydrogen-bond acceptors (Lipinski definition) is 5. The molecule has 1 amide bonds. The zero-order valence-corrected chi connectivity index (χ0v) is 17.7. The number of aromatic nitrogens is 2. The molecular formula is C22H23N3O3S. The van der Waals surface area contributed by atoms with Gasteiger partial charge in [0, 0.05) is 17.2 Å². The van der Waals surface area contributed by atoms with Crippen LogP contribution < -0.4 is 14.8 Å². The Hall–Kier alpha value is -2.93. The van der Waals surface area contributed by atoms with Gasteiger partial charge in [0.1, 0.15) is 17.3 Å². The number of carbonyl (C=O) groups excluding carboxylic acids is 1. The monoisotopic (exact) mass is 409 g/mol. The highest BCUT2D eigenvalue weighted by Gasteiger charge is 2.32. The van der Waals surface area contributed by atoms with Crippen molar-refractivity contribution in [2.75, 3.05) is 25.3 Å². The second-order valence-electron chi connectivity index (χ2n) is 6.94. The van der Waals surface area contributed by atoms with Gasteiger partial charge in [-0.25, -0.2) is 4.68 Å². The van der Waals surface area contributed by atoms with E-state index in [9.17, 15) is 4.79 Å². The maximum Gasteiger partial charge on any atom is 0.235 e. The summed E-state index contributed by atoms with van der Waals surface area (Å²) in [5.74, 6) is 2.47. The van der Waals surface area contributed by atoms with Crippen LogP contribution in [0, 0.1) is 13.8 Å². The molecule has 1 aliphatic heterocycles. The lowest BCUT2D eigenvalue weighted by molar-refractivity contribution is -0.113. The Morgan fingerprint density at radius 2 is 1.86 bits per heavy atom. The Morgan fingerprint density at radius 1 is 1.10 bits per heavy atom. The Morgan fingerprint density at radius 3 is 2.55 bits per heavy atom. The van der Waals surface area contributed by atoms with Crippen LogP contribution in [0.5, 0.6) is 11.5 Å². The molecule has 0 saturated heterocycles. The number of benzene rings is 2. The van der Waals surface area contributed by atoms with Crippen LogP contribution >= 0.6 is 11.8 Å². The largest absolute Gasteiger partial charge is 0.497 e. The third-order valence-corrected chi connectivity index (χ3v) is 6.26. The summed E-state index contributed by atoms with van der Waals surface area (Å²) >= 11 is 1.57. The third-order valence-electron chi connectivity index (χ3n) is 5.01. The predicted octanol–water partition coefficient (Wildman–Crippen LogP) is 4.28. The highest BCUT2D eigenvalue weighted by molar-refractivity contribution is 8.00. The van der Waals surface area contributed by atoms with E-state index in [-0.39, 0.29) is 11.2 Å². The first-order valence-electron chi connectivity index (χ1n) is 9.31. The molecule has 6 nitrogen and oxygen atoms in total.